The quantitative estimate of drug-likeness (QED) is 0.202. The summed E-state index contributed by atoms with van der Waals surface area (Å²) in [5.41, 5.74) is 0. The first-order chi connectivity index (χ1) is 11.0. The first-order valence-corrected chi connectivity index (χ1v) is 12.5. The first kappa shape index (κ1) is 25.8. The SMILES string of the molecule is O=C(NCCCCCCCCCCNC(=O)C(Br)(Br)Br)C(Br)(Br)Br. The minimum atomic E-state index is -0.856. The van der Waals surface area contributed by atoms with Crippen LogP contribution in [0, 0.1) is 0 Å². The zero-order valence-electron chi connectivity index (χ0n) is 13.2. The maximum absolute atomic E-state index is 11.5. The molecule has 0 radical (unpaired) electrons. The number of halogens is 6. The number of rotatable bonds is 11. The van der Waals surface area contributed by atoms with Crippen molar-refractivity contribution >= 4 is 107 Å². The molecule has 0 atom stereocenters. The van der Waals surface area contributed by atoms with Gasteiger partial charge in [-0.3, -0.25) is 9.59 Å². The minimum absolute atomic E-state index is 0.119. The van der Waals surface area contributed by atoms with E-state index in [9.17, 15) is 9.59 Å². The van der Waals surface area contributed by atoms with Gasteiger partial charge in [0, 0.05) is 13.1 Å². The highest BCUT2D eigenvalue weighted by molar-refractivity contribution is 9.40. The molecule has 0 aliphatic heterocycles. The Morgan fingerprint density at radius 3 is 1.04 bits per heavy atom. The smallest absolute Gasteiger partial charge is 0.258 e. The van der Waals surface area contributed by atoms with E-state index in [2.05, 4.69) is 106 Å². The highest BCUT2D eigenvalue weighted by Crippen LogP contribution is 2.33. The Bertz CT molecular complexity index is 346. The maximum Gasteiger partial charge on any atom is 0.258 e. The van der Waals surface area contributed by atoms with Crippen LogP contribution in [0.2, 0.25) is 0 Å². The molecule has 2 amide bonds. The average Bonchev–Trinajstić information content (AvgIpc) is 2.45. The van der Waals surface area contributed by atoms with Gasteiger partial charge in [-0.2, -0.15) is 0 Å². The highest BCUT2D eigenvalue weighted by atomic mass is 80.0. The van der Waals surface area contributed by atoms with E-state index in [1.54, 1.807) is 0 Å². The van der Waals surface area contributed by atoms with Crippen molar-refractivity contribution in [2.45, 2.75) is 55.7 Å². The maximum atomic E-state index is 11.5. The van der Waals surface area contributed by atoms with E-state index in [1.165, 1.54) is 25.7 Å². The molecule has 0 aromatic rings. The standard InChI is InChI=1S/C14H22Br6N2O2/c15-13(16,17)11(23)21-9-7-5-3-1-2-4-6-8-10-22-12(24)14(18,19)20/h1-10H2,(H,21,23)(H,22,24). The molecule has 0 aliphatic carbocycles. The van der Waals surface area contributed by atoms with E-state index in [4.69, 9.17) is 0 Å². The first-order valence-electron chi connectivity index (χ1n) is 7.75. The lowest BCUT2D eigenvalue weighted by Crippen LogP contribution is -2.34. The number of unbranched alkanes of at least 4 members (excludes halogenated alkanes) is 7. The molecule has 24 heavy (non-hydrogen) atoms. The van der Waals surface area contributed by atoms with Crippen LogP contribution < -0.4 is 10.6 Å². The number of nitrogens with one attached hydrogen (secondary N) is 2. The van der Waals surface area contributed by atoms with Gasteiger partial charge in [0.05, 0.1) is 0 Å². The Labute approximate surface area is 194 Å². The van der Waals surface area contributed by atoms with E-state index in [1.807, 2.05) is 0 Å². The van der Waals surface area contributed by atoms with Gasteiger partial charge in [0.25, 0.3) is 11.8 Å². The predicted octanol–water partition coefficient (Wildman–Crippen LogP) is 6.02. The van der Waals surface area contributed by atoms with E-state index < -0.39 is 4.29 Å². The number of carbonyl (C=O) groups is 2. The lowest BCUT2D eigenvalue weighted by Gasteiger charge is -2.12. The highest BCUT2D eigenvalue weighted by Gasteiger charge is 2.28. The summed E-state index contributed by atoms with van der Waals surface area (Å²) in [5.74, 6) is -0.238. The Morgan fingerprint density at radius 2 is 0.792 bits per heavy atom. The largest absolute Gasteiger partial charge is 0.353 e. The predicted molar refractivity (Wildman–Crippen MR) is 122 cm³/mol. The van der Waals surface area contributed by atoms with Gasteiger partial charge in [0.2, 0.25) is 4.29 Å². The average molecular weight is 730 g/mol. The molecule has 0 fully saturated rings. The van der Waals surface area contributed by atoms with Crippen LogP contribution in [-0.2, 0) is 9.59 Å². The third-order valence-electron chi connectivity index (χ3n) is 3.19. The van der Waals surface area contributed by atoms with Crippen LogP contribution in [0.15, 0.2) is 0 Å². The second-order valence-electron chi connectivity index (χ2n) is 5.34. The van der Waals surface area contributed by atoms with Crippen LogP contribution in [0.5, 0.6) is 0 Å². The fourth-order valence-corrected chi connectivity index (χ4v) is 2.76. The molecule has 10 heteroatoms. The van der Waals surface area contributed by atoms with Gasteiger partial charge in [-0.25, -0.2) is 0 Å². The van der Waals surface area contributed by atoms with Crippen molar-refractivity contribution < 1.29 is 9.59 Å². The van der Waals surface area contributed by atoms with Crippen LogP contribution in [0.1, 0.15) is 51.4 Å². The van der Waals surface area contributed by atoms with Crippen LogP contribution in [0.3, 0.4) is 0 Å². The van der Waals surface area contributed by atoms with Crippen LogP contribution in [-0.4, -0.2) is 29.2 Å². The minimum Gasteiger partial charge on any atom is -0.353 e. The molecule has 0 aromatic heterocycles. The second-order valence-corrected chi connectivity index (χ2v) is 18.9. The summed E-state index contributed by atoms with van der Waals surface area (Å²) in [7, 11) is 0. The molecular formula is C14H22Br6N2O2. The number of alkyl halides is 6. The Kier molecular flexibility index (Phi) is 15.0. The van der Waals surface area contributed by atoms with Crippen molar-refractivity contribution in [1.82, 2.24) is 10.6 Å². The second kappa shape index (κ2) is 13.9. The van der Waals surface area contributed by atoms with Crippen LogP contribution >= 0.6 is 95.6 Å². The van der Waals surface area contributed by atoms with Gasteiger partial charge in [-0.15, -0.1) is 0 Å². The molecule has 0 unspecified atom stereocenters. The molecule has 0 heterocycles. The molecule has 2 N–H and O–H groups in total. The van der Waals surface area contributed by atoms with Gasteiger partial charge < -0.3 is 10.6 Å². The normalized spacial score (nSPS) is 12.1. The van der Waals surface area contributed by atoms with Crippen molar-refractivity contribution in [1.29, 1.82) is 0 Å². The van der Waals surface area contributed by atoms with E-state index in [0.717, 1.165) is 25.7 Å². The Morgan fingerprint density at radius 1 is 0.542 bits per heavy atom. The van der Waals surface area contributed by atoms with Crippen molar-refractivity contribution in [3.63, 3.8) is 0 Å². The number of hydrogen-bond acceptors (Lipinski definition) is 2. The zero-order chi connectivity index (χ0) is 18.6. The van der Waals surface area contributed by atoms with Crippen molar-refractivity contribution in [3.05, 3.63) is 0 Å². The summed E-state index contributed by atoms with van der Waals surface area (Å²) >= 11 is 19.1. The van der Waals surface area contributed by atoms with Gasteiger partial charge in [0.15, 0.2) is 0 Å². The summed E-state index contributed by atoms with van der Waals surface area (Å²) in [6.45, 7) is 1.39. The molecule has 0 bridgehead atoms. The van der Waals surface area contributed by atoms with Gasteiger partial charge in [0.1, 0.15) is 0 Å². The van der Waals surface area contributed by atoms with Crippen molar-refractivity contribution in [3.8, 4) is 0 Å². The zero-order valence-corrected chi connectivity index (χ0v) is 22.7. The third-order valence-corrected chi connectivity index (χ3v) is 5.35. The summed E-state index contributed by atoms with van der Waals surface area (Å²) < 4.78 is -1.71. The summed E-state index contributed by atoms with van der Waals surface area (Å²) in [6.07, 6.45) is 9.05. The van der Waals surface area contributed by atoms with Gasteiger partial charge >= 0.3 is 0 Å². The van der Waals surface area contributed by atoms with Gasteiger partial charge in [-0.1, -0.05) is 38.5 Å². The number of carbonyl (C=O) groups excluding carboxylic acids is 2. The van der Waals surface area contributed by atoms with E-state index in [0.29, 0.717) is 13.1 Å². The third kappa shape index (κ3) is 14.9. The Hall–Kier alpha value is 1.82. The number of hydrogen-bond donors (Lipinski definition) is 2. The molecule has 0 saturated carbocycles. The van der Waals surface area contributed by atoms with Crippen LogP contribution in [0.4, 0.5) is 0 Å². The molecule has 0 rings (SSSR count). The van der Waals surface area contributed by atoms with E-state index >= 15 is 0 Å². The molecule has 0 aliphatic rings. The fourth-order valence-electron chi connectivity index (χ4n) is 1.91. The molecule has 0 saturated heterocycles. The van der Waals surface area contributed by atoms with Crippen molar-refractivity contribution in [2.24, 2.45) is 0 Å². The molecule has 4 nitrogen and oxygen atoms in total. The monoisotopic (exact) mass is 724 g/mol. The lowest BCUT2D eigenvalue weighted by molar-refractivity contribution is -0.120. The lowest BCUT2D eigenvalue weighted by atomic mass is 10.1. The molecule has 142 valence electrons. The summed E-state index contributed by atoms with van der Waals surface area (Å²) in [6, 6.07) is 0. The summed E-state index contributed by atoms with van der Waals surface area (Å²) in [4.78, 5) is 23.1. The molecule has 0 spiro atoms. The topological polar surface area (TPSA) is 58.2 Å². The number of amides is 2. The van der Waals surface area contributed by atoms with Crippen LogP contribution in [0.25, 0.3) is 0 Å². The summed E-state index contributed by atoms with van der Waals surface area (Å²) in [5, 5.41) is 5.69. The van der Waals surface area contributed by atoms with Crippen molar-refractivity contribution in [2.75, 3.05) is 13.1 Å². The Balaban J connectivity index is 3.32. The fraction of sp³-hybridized carbons (Fsp3) is 0.857. The van der Waals surface area contributed by atoms with E-state index in [-0.39, 0.29) is 11.8 Å². The van der Waals surface area contributed by atoms with Gasteiger partial charge in [-0.05, 0) is 108 Å². The molecule has 0 aromatic carbocycles. The molecular weight excluding hydrogens is 708 g/mol.